The number of hydrogen-bond donors (Lipinski definition) is 2. The molecule has 2 N–H and O–H groups in total. The molecule has 0 fully saturated rings. The third kappa shape index (κ3) is 3.20. The van der Waals surface area contributed by atoms with Crippen LogP contribution in [-0.4, -0.2) is 21.4 Å². The first kappa shape index (κ1) is 16.3. The van der Waals surface area contributed by atoms with Crippen molar-refractivity contribution in [2.24, 2.45) is 0 Å². The number of amides is 1. The Morgan fingerprint density at radius 1 is 1.14 bits per heavy atom. The highest BCUT2D eigenvalue weighted by Gasteiger charge is 2.17. The number of hydrogen-bond acceptors (Lipinski definition) is 4. The Kier molecular flexibility index (Phi) is 4.39. The maximum absolute atomic E-state index is 12.2. The third-order valence-electron chi connectivity index (χ3n) is 3.29. The summed E-state index contributed by atoms with van der Waals surface area (Å²) in [4.78, 5) is 12.4. The predicted octanol–water partition coefficient (Wildman–Crippen LogP) is 2.37. The first-order valence-corrected chi connectivity index (χ1v) is 8.15. The van der Waals surface area contributed by atoms with Gasteiger partial charge >= 0.3 is 0 Å². The maximum atomic E-state index is 12.2. The fourth-order valence-electron chi connectivity index (χ4n) is 2.13. The molecule has 0 saturated carbocycles. The molecule has 1 amide bonds. The number of nitrogens with one attached hydrogen (secondary N) is 2. The summed E-state index contributed by atoms with van der Waals surface area (Å²) in [7, 11) is -2.23. The number of anilines is 1. The van der Waals surface area contributed by atoms with Gasteiger partial charge in [-0.15, -0.1) is 0 Å². The topological polar surface area (TPSA) is 88.4 Å². The van der Waals surface area contributed by atoms with Gasteiger partial charge in [-0.05, 0) is 51.6 Å². The molecule has 1 aromatic heterocycles. The van der Waals surface area contributed by atoms with E-state index in [4.69, 9.17) is 4.42 Å². The van der Waals surface area contributed by atoms with Crippen molar-refractivity contribution in [3.8, 4) is 0 Å². The van der Waals surface area contributed by atoms with Gasteiger partial charge in [-0.2, -0.15) is 0 Å². The monoisotopic (exact) mass is 322 g/mol. The minimum atomic E-state index is -3.58. The summed E-state index contributed by atoms with van der Waals surface area (Å²) in [5.41, 5.74) is 1.43. The second kappa shape index (κ2) is 5.94. The molecule has 0 aliphatic carbocycles. The molecule has 0 spiro atoms. The lowest BCUT2D eigenvalue weighted by Gasteiger charge is -2.10. The zero-order chi connectivity index (χ0) is 16.5. The van der Waals surface area contributed by atoms with Crippen LogP contribution in [0, 0.1) is 20.8 Å². The quantitative estimate of drug-likeness (QED) is 0.904. The van der Waals surface area contributed by atoms with Crippen molar-refractivity contribution in [3.63, 3.8) is 0 Å². The summed E-state index contributed by atoms with van der Waals surface area (Å²) in [6, 6.07) is 6.38. The molecule has 2 rings (SSSR count). The van der Waals surface area contributed by atoms with Crippen LogP contribution in [0.5, 0.6) is 0 Å². The summed E-state index contributed by atoms with van der Waals surface area (Å²) < 4.78 is 31.5. The molecule has 0 saturated heterocycles. The van der Waals surface area contributed by atoms with Gasteiger partial charge in [0.15, 0.2) is 0 Å². The predicted molar refractivity (Wildman–Crippen MR) is 83.6 cm³/mol. The van der Waals surface area contributed by atoms with E-state index in [1.807, 2.05) is 0 Å². The van der Waals surface area contributed by atoms with Gasteiger partial charge in [0.05, 0.1) is 10.5 Å². The molecule has 0 radical (unpaired) electrons. The minimum absolute atomic E-state index is 0.132. The Balaban J connectivity index is 2.33. The number of sulfonamides is 1. The Morgan fingerprint density at radius 2 is 1.82 bits per heavy atom. The lowest BCUT2D eigenvalue weighted by molar-refractivity contribution is 0.102. The minimum Gasteiger partial charge on any atom is -0.466 e. The SMILES string of the molecule is CNS(=O)(=O)c1cc(NC(=O)c2cc(C)oc2C)ccc1C. The molecule has 0 unspecified atom stereocenters. The highest BCUT2D eigenvalue weighted by molar-refractivity contribution is 7.89. The number of aryl methyl sites for hydroxylation is 3. The van der Waals surface area contributed by atoms with Gasteiger partial charge in [0.2, 0.25) is 10.0 Å². The van der Waals surface area contributed by atoms with E-state index >= 15 is 0 Å². The molecule has 7 heteroatoms. The molecule has 1 aromatic carbocycles. The van der Waals surface area contributed by atoms with Gasteiger partial charge in [0.1, 0.15) is 11.5 Å². The highest BCUT2D eigenvalue weighted by Crippen LogP contribution is 2.21. The molecule has 118 valence electrons. The summed E-state index contributed by atoms with van der Waals surface area (Å²) in [5, 5.41) is 2.69. The Bertz CT molecular complexity index is 822. The number of carbonyl (C=O) groups is 1. The fourth-order valence-corrected chi connectivity index (χ4v) is 3.13. The Labute approximate surface area is 129 Å². The molecule has 0 aliphatic rings. The van der Waals surface area contributed by atoms with E-state index in [0.717, 1.165) is 0 Å². The average Bonchev–Trinajstić information content (AvgIpc) is 2.79. The van der Waals surface area contributed by atoms with Gasteiger partial charge in [0, 0.05) is 5.69 Å². The summed E-state index contributed by atoms with van der Waals surface area (Å²) in [6.45, 7) is 5.15. The average molecular weight is 322 g/mol. The molecule has 22 heavy (non-hydrogen) atoms. The molecule has 0 aliphatic heterocycles. The second-order valence-electron chi connectivity index (χ2n) is 4.97. The number of furan rings is 1. The fraction of sp³-hybridized carbons (Fsp3) is 0.267. The van der Waals surface area contributed by atoms with E-state index in [0.29, 0.717) is 28.3 Å². The van der Waals surface area contributed by atoms with Crippen LogP contribution in [0.2, 0.25) is 0 Å². The maximum Gasteiger partial charge on any atom is 0.259 e. The van der Waals surface area contributed by atoms with Gasteiger partial charge in [-0.3, -0.25) is 4.79 Å². The van der Waals surface area contributed by atoms with Gasteiger partial charge in [-0.1, -0.05) is 6.07 Å². The zero-order valence-electron chi connectivity index (χ0n) is 12.9. The largest absolute Gasteiger partial charge is 0.466 e. The van der Waals surface area contributed by atoms with Crippen molar-refractivity contribution in [3.05, 3.63) is 46.9 Å². The van der Waals surface area contributed by atoms with E-state index < -0.39 is 10.0 Å². The van der Waals surface area contributed by atoms with Crippen molar-refractivity contribution in [2.45, 2.75) is 25.7 Å². The first-order chi connectivity index (χ1) is 10.2. The van der Waals surface area contributed by atoms with Crippen molar-refractivity contribution < 1.29 is 17.6 Å². The van der Waals surface area contributed by atoms with Crippen LogP contribution in [-0.2, 0) is 10.0 Å². The van der Waals surface area contributed by atoms with Gasteiger partial charge in [0.25, 0.3) is 5.91 Å². The first-order valence-electron chi connectivity index (χ1n) is 6.67. The highest BCUT2D eigenvalue weighted by atomic mass is 32.2. The number of rotatable bonds is 4. The van der Waals surface area contributed by atoms with Crippen molar-refractivity contribution in [1.82, 2.24) is 4.72 Å². The van der Waals surface area contributed by atoms with Gasteiger partial charge < -0.3 is 9.73 Å². The van der Waals surface area contributed by atoms with Crippen LogP contribution in [0.15, 0.2) is 33.6 Å². The van der Waals surface area contributed by atoms with E-state index in [2.05, 4.69) is 10.0 Å². The van der Waals surface area contributed by atoms with E-state index in [1.54, 1.807) is 39.0 Å². The molecular weight excluding hydrogens is 304 g/mol. The molecule has 1 heterocycles. The molecular formula is C15H18N2O4S. The van der Waals surface area contributed by atoms with Crippen LogP contribution in [0.4, 0.5) is 5.69 Å². The molecule has 6 nitrogen and oxygen atoms in total. The lowest BCUT2D eigenvalue weighted by atomic mass is 10.2. The smallest absolute Gasteiger partial charge is 0.259 e. The Hall–Kier alpha value is -2.12. The number of carbonyl (C=O) groups excluding carboxylic acids is 1. The second-order valence-corrected chi connectivity index (χ2v) is 6.82. The summed E-state index contributed by atoms with van der Waals surface area (Å²) >= 11 is 0. The van der Waals surface area contributed by atoms with Crippen LogP contribution in [0.1, 0.15) is 27.4 Å². The number of benzene rings is 1. The summed E-state index contributed by atoms with van der Waals surface area (Å²) in [5.74, 6) is 0.821. The van der Waals surface area contributed by atoms with E-state index in [-0.39, 0.29) is 10.8 Å². The Morgan fingerprint density at radius 3 is 2.36 bits per heavy atom. The standard InChI is InChI=1S/C15H18N2O4S/c1-9-5-6-12(8-14(9)22(19,20)16-4)17-15(18)13-7-10(2)21-11(13)3/h5-8,16H,1-4H3,(H,17,18). The van der Waals surface area contributed by atoms with Crippen LogP contribution >= 0.6 is 0 Å². The third-order valence-corrected chi connectivity index (χ3v) is 4.85. The van der Waals surface area contributed by atoms with Crippen molar-refractivity contribution in [1.29, 1.82) is 0 Å². The van der Waals surface area contributed by atoms with E-state index in [1.165, 1.54) is 13.1 Å². The molecule has 0 atom stereocenters. The summed E-state index contributed by atoms with van der Waals surface area (Å²) in [6.07, 6.45) is 0. The van der Waals surface area contributed by atoms with Gasteiger partial charge in [-0.25, -0.2) is 13.1 Å². The molecule has 2 aromatic rings. The van der Waals surface area contributed by atoms with Crippen LogP contribution < -0.4 is 10.0 Å². The van der Waals surface area contributed by atoms with Crippen LogP contribution in [0.25, 0.3) is 0 Å². The zero-order valence-corrected chi connectivity index (χ0v) is 13.7. The van der Waals surface area contributed by atoms with Crippen molar-refractivity contribution in [2.75, 3.05) is 12.4 Å². The van der Waals surface area contributed by atoms with E-state index in [9.17, 15) is 13.2 Å². The normalized spacial score (nSPS) is 11.5. The lowest BCUT2D eigenvalue weighted by Crippen LogP contribution is -2.20. The van der Waals surface area contributed by atoms with Crippen molar-refractivity contribution >= 4 is 21.6 Å². The van der Waals surface area contributed by atoms with Crippen LogP contribution in [0.3, 0.4) is 0 Å². The molecule has 0 bridgehead atoms.